The van der Waals surface area contributed by atoms with E-state index in [0.29, 0.717) is 12.1 Å². The Balaban J connectivity index is 2.28. The van der Waals surface area contributed by atoms with E-state index in [0.717, 1.165) is 0 Å². The summed E-state index contributed by atoms with van der Waals surface area (Å²) in [6, 6.07) is 3.19. The van der Waals surface area contributed by atoms with Gasteiger partial charge in [0.1, 0.15) is 5.69 Å². The van der Waals surface area contributed by atoms with E-state index in [-0.39, 0.29) is 23.3 Å². The van der Waals surface area contributed by atoms with Gasteiger partial charge in [-0.3, -0.25) is 9.78 Å². The second kappa shape index (κ2) is 7.45. The number of aromatic nitrogens is 3. The lowest BCUT2D eigenvalue weighted by atomic mass is 10.1. The molecule has 0 fully saturated rings. The molecule has 0 spiro atoms. The molecule has 0 aliphatic rings. The van der Waals surface area contributed by atoms with Gasteiger partial charge in [-0.2, -0.15) is 13.2 Å². The molecule has 1 atom stereocenters. The molecular formula is C16H18F3N5O. The summed E-state index contributed by atoms with van der Waals surface area (Å²) < 4.78 is 39.9. The highest BCUT2D eigenvalue weighted by atomic mass is 19.4. The number of hydrogen-bond donors (Lipinski definition) is 2. The van der Waals surface area contributed by atoms with Crippen molar-refractivity contribution in [1.29, 1.82) is 0 Å². The summed E-state index contributed by atoms with van der Waals surface area (Å²) >= 11 is 0. The molecule has 0 bridgehead atoms. The van der Waals surface area contributed by atoms with Crippen LogP contribution in [0.25, 0.3) is 0 Å². The van der Waals surface area contributed by atoms with E-state index in [2.05, 4.69) is 15.0 Å². The lowest BCUT2D eigenvalue weighted by molar-refractivity contribution is -0.156. The summed E-state index contributed by atoms with van der Waals surface area (Å²) in [5.41, 5.74) is 5.53. The van der Waals surface area contributed by atoms with Crippen molar-refractivity contribution in [2.75, 3.05) is 5.73 Å². The fourth-order valence-corrected chi connectivity index (χ4v) is 2.23. The Labute approximate surface area is 142 Å². The van der Waals surface area contributed by atoms with Crippen molar-refractivity contribution in [3.63, 3.8) is 0 Å². The molecule has 3 N–H and O–H groups in total. The molecule has 1 unspecified atom stereocenters. The Morgan fingerprint density at radius 2 is 2.00 bits per heavy atom. The SMILES string of the molecule is CC(C)Cc1cc(C(=O)NC(c2ccccn2)C(F)(F)F)nc(N)n1. The van der Waals surface area contributed by atoms with Gasteiger partial charge in [0.15, 0.2) is 6.04 Å². The van der Waals surface area contributed by atoms with Crippen LogP contribution in [0, 0.1) is 5.92 Å². The second-order valence-corrected chi connectivity index (χ2v) is 5.90. The molecule has 2 aromatic heterocycles. The molecule has 6 nitrogen and oxygen atoms in total. The summed E-state index contributed by atoms with van der Waals surface area (Å²) in [6.45, 7) is 3.89. The van der Waals surface area contributed by atoms with Crippen LogP contribution in [0.15, 0.2) is 30.5 Å². The standard InChI is InChI=1S/C16H18F3N5O/c1-9(2)7-10-8-12(23-15(20)22-10)14(25)24-13(16(17,18)19)11-5-3-4-6-21-11/h3-6,8-9,13H,7H2,1-2H3,(H,24,25)(H2,20,22,23). The molecule has 2 aromatic rings. The smallest absolute Gasteiger partial charge is 0.368 e. The maximum absolute atomic E-state index is 13.3. The van der Waals surface area contributed by atoms with Crippen molar-refractivity contribution >= 4 is 11.9 Å². The maximum Gasteiger partial charge on any atom is 0.414 e. The Morgan fingerprint density at radius 3 is 2.56 bits per heavy atom. The maximum atomic E-state index is 13.3. The van der Waals surface area contributed by atoms with E-state index < -0.39 is 18.1 Å². The van der Waals surface area contributed by atoms with Crippen LogP contribution in [0.1, 0.15) is 41.8 Å². The Kier molecular flexibility index (Phi) is 5.55. The zero-order chi connectivity index (χ0) is 18.6. The molecule has 0 aromatic carbocycles. The molecule has 9 heteroatoms. The molecule has 2 rings (SSSR count). The second-order valence-electron chi connectivity index (χ2n) is 5.90. The number of amides is 1. The molecule has 0 saturated carbocycles. The largest absolute Gasteiger partial charge is 0.414 e. The predicted molar refractivity (Wildman–Crippen MR) is 85.5 cm³/mol. The van der Waals surface area contributed by atoms with Gasteiger partial charge in [0, 0.05) is 11.9 Å². The van der Waals surface area contributed by atoms with Crippen LogP contribution >= 0.6 is 0 Å². The number of nitrogens with two attached hydrogens (primary N) is 1. The zero-order valence-electron chi connectivity index (χ0n) is 13.7. The van der Waals surface area contributed by atoms with Gasteiger partial charge in [-0.15, -0.1) is 0 Å². The fraction of sp³-hybridized carbons (Fsp3) is 0.375. The number of rotatable bonds is 5. The molecule has 2 heterocycles. The molecule has 0 radical (unpaired) electrons. The van der Waals surface area contributed by atoms with Gasteiger partial charge in [0.2, 0.25) is 5.95 Å². The third-order valence-corrected chi connectivity index (χ3v) is 3.23. The van der Waals surface area contributed by atoms with Gasteiger partial charge in [0.05, 0.1) is 5.69 Å². The number of hydrogen-bond acceptors (Lipinski definition) is 5. The summed E-state index contributed by atoms with van der Waals surface area (Å²) in [5, 5.41) is 1.93. The van der Waals surface area contributed by atoms with Crippen LogP contribution in [-0.2, 0) is 6.42 Å². The van der Waals surface area contributed by atoms with E-state index in [1.165, 1.54) is 30.5 Å². The summed E-state index contributed by atoms with van der Waals surface area (Å²) in [7, 11) is 0. The number of nitrogens with one attached hydrogen (secondary N) is 1. The van der Waals surface area contributed by atoms with E-state index in [1.807, 2.05) is 19.2 Å². The predicted octanol–water partition coefficient (Wildman–Crippen LogP) is 2.69. The van der Waals surface area contributed by atoms with Crippen molar-refractivity contribution in [2.45, 2.75) is 32.5 Å². The highest BCUT2D eigenvalue weighted by Gasteiger charge is 2.43. The number of nitrogens with zero attached hydrogens (tertiary/aromatic N) is 3. The highest BCUT2D eigenvalue weighted by molar-refractivity contribution is 5.92. The van der Waals surface area contributed by atoms with Gasteiger partial charge >= 0.3 is 6.18 Å². The third kappa shape index (κ3) is 5.13. The Bertz CT molecular complexity index is 734. The fourth-order valence-electron chi connectivity index (χ4n) is 2.23. The quantitative estimate of drug-likeness (QED) is 0.862. The number of anilines is 1. The van der Waals surface area contributed by atoms with Gasteiger partial charge in [-0.1, -0.05) is 19.9 Å². The average Bonchev–Trinajstić information content (AvgIpc) is 2.50. The Hall–Kier alpha value is -2.71. The van der Waals surface area contributed by atoms with Gasteiger partial charge in [-0.25, -0.2) is 9.97 Å². The normalized spacial score (nSPS) is 12.9. The van der Waals surface area contributed by atoms with Crippen LogP contribution < -0.4 is 11.1 Å². The minimum Gasteiger partial charge on any atom is -0.368 e. The molecule has 134 valence electrons. The van der Waals surface area contributed by atoms with Crippen LogP contribution in [-0.4, -0.2) is 27.0 Å². The first kappa shape index (κ1) is 18.6. The average molecular weight is 353 g/mol. The van der Waals surface area contributed by atoms with Crippen molar-refractivity contribution in [2.24, 2.45) is 5.92 Å². The molecular weight excluding hydrogens is 335 g/mol. The Morgan fingerprint density at radius 1 is 1.28 bits per heavy atom. The van der Waals surface area contributed by atoms with Crippen molar-refractivity contribution in [1.82, 2.24) is 20.3 Å². The molecule has 0 aliphatic heterocycles. The van der Waals surface area contributed by atoms with Crippen molar-refractivity contribution in [3.05, 3.63) is 47.5 Å². The summed E-state index contributed by atoms with van der Waals surface area (Å²) in [6.07, 6.45) is -2.96. The molecule has 0 aliphatic carbocycles. The molecule has 25 heavy (non-hydrogen) atoms. The summed E-state index contributed by atoms with van der Waals surface area (Å²) in [5.74, 6) is -0.918. The minimum atomic E-state index is -4.71. The first-order valence-electron chi connectivity index (χ1n) is 7.58. The van der Waals surface area contributed by atoms with E-state index >= 15 is 0 Å². The van der Waals surface area contributed by atoms with Crippen LogP contribution in [0.4, 0.5) is 19.1 Å². The summed E-state index contributed by atoms with van der Waals surface area (Å²) in [4.78, 5) is 23.7. The number of alkyl halides is 3. The van der Waals surface area contributed by atoms with E-state index in [9.17, 15) is 18.0 Å². The van der Waals surface area contributed by atoms with E-state index in [4.69, 9.17) is 5.73 Å². The zero-order valence-corrected chi connectivity index (χ0v) is 13.7. The van der Waals surface area contributed by atoms with Crippen LogP contribution in [0.3, 0.4) is 0 Å². The van der Waals surface area contributed by atoms with Crippen molar-refractivity contribution < 1.29 is 18.0 Å². The lowest BCUT2D eigenvalue weighted by Gasteiger charge is -2.21. The van der Waals surface area contributed by atoms with Crippen LogP contribution in [0.5, 0.6) is 0 Å². The number of halogens is 3. The number of carbonyl (C=O) groups is 1. The number of carbonyl (C=O) groups excluding carboxylic acids is 1. The van der Waals surface area contributed by atoms with Gasteiger partial charge in [-0.05, 0) is 30.5 Å². The monoisotopic (exact) mass is 353 g/mol. The lowest BCUT2D eigenvalue weighted by Crippen LogP contribution is -2.39. The minimum absolute atomic E-state index is 0.162. The first-order valence-corrected chi connectivity index (χ1v) is 7.58. The highest BCUT2D eigenvalue weighted by Crippen LogP contribution is 2.31. The third-order valence-electron chi connectivity index (χ3n) is 3.23. The number of nitrogen functional groups attached to an aromatic ring is 1. The topological polar surface area (TPSA) is 93.8 Å². The van der Waals surface area contributed by atoms with Crippen LogP contribution in [0.2, 0.25) is 0 Å². The number of pyridine rings is 1. The van der Waals surface area contributed by atoms with Gasteiger partial charge < -0.3 is 11.1 Å². The van der Waals surface area contributed by atoms with Crippen molar-refractivity contribution in [3.8, 4) is 0 Å². The van der Waals surface area contributed by atoms with E-state index in [1.54, 1.807) is 0 Å². The van der Waals surface area contributed by atoms with Gasteiger partial charge in [0.25, 0.3) is 5.91 Å². The molecule has 1 amide bonds. The molecule has 0 saturated heterocycles. The first-order chi connectivity index (χ1) is 11.7.